The number of nitrogens with two attached hydrogens (primary N) is 1. The molecule has 0 rings (SSSR count). The van der Waals surface area contributed by atoms with Gasteiger partial charge in [0.1, 0.15) is 13.6 Å². The quantitative estimate of drug-likeness (QED) is 0.600. The Kier molecular flexibility index (Phi) is 12.4. The number of hydrogen-bond donors (Lipinski definition) is 1. The Morgan fingerprint density at radius 2 is 2.11 bits per heavy atom. The van der Waals surface area contributed by atoms with Gasteiger partial charge < -0.3 is 10.3 Å². The van der Waals surface area contributed by atoms with Crippen LogP contribution in [0.25, 0.3) is 0 Å². The highest BCUT2D eigenvalue weighted by Gasteiger charge is 2.26. The lowest BCUT2D eigenvalue weighted by Crippen LogP contribution is -2.34. The fraction of sp³-hybridized carbons (Fsp3) is 0.875. The van der Waals surface area contributed by atoms with E-state index in [4.69, 9.17) is 10.3 Å². The largest absolute Gasteiger partial charge is 0.435 e. The Balaban J connectivity index is 4.42. The molecular formula is C8H25N2O2P7. The number of rotatable bonds is 9. The molecule has 0 bridgehead atoms. The average molecular weight is 398 g/mol. The minimum Gasteiger partial charge on any atom is -0.435 e. The fourth-order valence-electron chi connectivity index (χ4n) is 1.40. The molecule has 0 aliphatic carbocycles. The van der Waals surface area contributed by atoms with Crippen LogP contribution >= 0.6 is 60.1 Å². The molecule has 8 unspecified atom stereocenters. The maximum atomic E-state index is 12.2. The number of carbonyl (C=O) groups is 1. The van der Waals surface area contributed by atoms with Crippen LogP contribution in [0.3, 0.4) is 0 Å². The summed E-state index contributed by atoms with van der Waals surface area (Å²) in [6, 6.07) is -0.199. The summed E-state index contributed by atoms with van der Waals surface area (Å²) in [5, 5.41) is 0. The third-order valence-electron chi connectivity index (χ3n) is 2.37. The molecule has 11 heteroatoms. The molecule has 4 nitrogen and oxygen atoms in total. The van der Waals surface area contributed by atoms with E-state index < -0.39 is 7.53 Å². The molecule has 2 N–H and O–H groups in total. The van der Waals surface area contributed by atoms with Gasteiger partial charge in [-0.2, -0.15) is 0 Å². The maximum absolute atomic E-state index is 12.2. The van der Waals surface area contributed by atoms with Crippen molar-refractivity contribution >= 4 is 66.0 Å². The Hall–Kier alpha value is 2.40. The lowest BCUT2D eigenvalue weighted by Gasteiger charge is -2.26. The molecule has 0 saturated heterocycles. The van der Waals surface area contributed by atoms with E-state index in [0.29, 0.717) is 16.4 Å². The van der Waals surface area contributed by atoms with Gasteiger partial charge in [-0.05, 0) is 49.5 Å². The second-order valence-corrected chi connectivity index (χ2v) is 15.9. The van der Waals surface area contributed by atoms with Crippen LogP contribution in [-0.2, 0) is 9.32 Å². The molecule has 0 amide bonds. The van der Waals surface area contributed by atoms with Crippen LogP contribution in [0.15, 0.2) is 0 Å². The van der Waals surface area contributed by atoms with Crippen LogP contribution in [-0.4, -0.2) is 22.0 Å². The molecule has 0 aromatic rings. The van der Waals surface area contributed by atoms with Crippen molar-refractivity contribution in [3.8, 4) is 0 Å². The Labute approximate surface area is 130 Å². The smallest absolute Gasteiger partial charge is 0.327 e. The van der Waals surface area contributed by atoms with Gasteiger partial charge in [0.15, 0.2) is 0 Å². The van der Waals surface area contributed by atoms with E-state index in [0.717, 1.165) is 19.3 Å². The van der Waals surface area contributed by atoms with Crippen molar-refractivity contribution in [3.05, 3.63) is 0 Å². The number of nitrogens with zero attached hydrogens (tertiary/aromatic N) is 1. The zero-order valence-electron chi connectivity index (χ0n) is 11.3. The summed E-state index contributed by atoms with van der Waals surface area (Å²) >= 11 is 0. The Morgan fingerprint density at radius 1 is 1.53 bits per heavy atom. The van der Waals surface area contributed by atoms with Crippen LogP contribution in [0.5, 0.6) is 0 Å². The second kappa shape index (κ2) is 11.0. The Morgan fingerprint density at radius 3 is 2.53 bits per heavy atom. The second-order valence-electron chi connectivity index (χ2n) is 4.80. The van der Waals surface area contributed by atoms with Crippen molar-refractivity contribution in [2.45, 2.75) is 44.7 Å². The van der Waals surface area contributed by atoms with Gasteiger partial charge in [-0.1, -0.05) is 27.2 Å². The highest BCUT2D eigenvalue weighted by atomic mass is 32.6. The van der Waals surface area contributed by atoms with E-state index >= 15 is 0 Å². The van der Waals surface area contributed by atoms with E-state index in [-0.39, 0.29) is 17.6 Å². The van der Waals surface area contributed by atoms with Crippen LogP contribution in [0, 0.1) is 0 Å². The molecule has 0 radical (unpaired) electrons. The standard InChI is InChI=1S/C8H25N2O2P7/c1-8(2,9)5-3-4-6(10(13)17-14)7(11)12-19(16)18-15/h6,17-18H,3-5,9,13-16H2,1-2H3. The predicted octanol–water partition coefficient (Wildman–Crippen LogP) is 3.85. The van der Waals surface area contributed by atoms with Gasteiger partial charge in [-0.15, -0.1) is 8.93 Å². The summed E-state index contributed by atoms with van der Waals surface area (Å²) in [4.78, 5) is 12.2. The predicted molar refractivity (Wildman–Crippen MR) is 106 cm³/mol. The first-order valence-electron chi connectivity index (χ1n) is 5.73. The normalized spacial score (nSPS) is 16.6. The van der Waals surface area contributed by atoms with Crippen LogP contribution < -0.4 is 5.73 Å². The highest BCUT2D eigenvalue weighted by molar-refractivity contribution is 8.59. The monoisotopic (exact) mass is 398 g/mol. The number of hydrogen-bond acceptors (Lipinski definition) is 4. The van der Waals surface area contributed by atoms with Gasteiger partial charge in [0.2, 0.25) is 0 Å². The average Bonchev–Trinajstić information content (AvgIpc) is 2.32. The lowest BCUT2D eigenvalue weighted by molar-refractivity contribution is -0.136. The van der Waals surface area contributed by atoms with E-state index in [1.807, 2.05) is 18.3 Å². The van der Waals surface area contributed by atoms with Gasteiger partial charge in [0.05, 0.1) is 0 Å². The fourth-order valence-corrected chi connectivity index (χ4v) is 4.20. The summed E-state index contributed by atoms with van der Waals surface area (Å²) < 4.78 is 7.41. The molecule has 0 aromatic heterocycles. The molecule has 19 heavy (non-hydrogen) atoms. The zero-order chi connectivity index (χ0) is 15.1. The SMILES string of the molecule is CC(C)(N)CCCC(C(=O)OP(P)PP)N(P)PP. The summed E-state index contributed by atoms with van der Waals surface area (Å²) in [6.45, 7) is 4.02. The molecule has 0 fully saturated rings. The molecular weight excluding hydrogens is 373 g/mol. The van der Waals surface area contributed by atoms with Gasteiger partial charge in [-0.3, -0.25) is 9.24 Å². The van der Waals surface area contributed by atoms with Crippen LogP contribution in [0.4, 0.5) is 0 Å². The summed E-state index contributed by atoms with van der Waals surface area (Å²) in [5.41, 5.74) is 5.79. The molecule has 0 saturated carbocycles. The summed E-state index contributed by atoms with van der Waals surface area (Å²) in [5.74, 6) is -0.129. The topological polar surface area (TPSA) is 55.6 Å². The van der Waals surface area contributed by atoms with Crippen molar-refractivity contribution in [2.75, 3.05) is 0 Å². The molecule has 0 aliphatic rings. The van der Waals surface area contributed by atoms with Crippen molar-refractivity contribution in [3.63, 3.8) is 0 Å². The minimum absolute atomic E-state index is 0.129. The molecule has 0 spiro atoms. The van der Waals surface area contributed by atoms with Crippen LogP contribution in [0.1, 0.15) is 33.1 Å². The van der Waals surface area contributed by atoms with Crippen LogP contribution in [0.2, 0.25) is 0 Å². The first-order chi connectivity index (χ1) is 8.71. The zero-order valence-corrected chi connectivity index (χ0v) is 18.8. The third kappa shape index (κ3) is 10.7. The number of carbonyl (C=O) groups excluding carboxylic acids is 1. The summed E-state index contributed by atoms with van der Waals surface area (Å²) in [7, 11) is 10.8. The van der Waals surface area contributed by atoms with E-state index in [1.54, 1.807) is 0 Å². The van der Waals surface area contributed by atoms with Gasteiger partial charge in [-0.25, -0.2) is 0 Å². The van der Waals surface area contributed by atoms with Crippen molar-refractivity contribution in [1.82, 2.24) is 4.44 Å². The third-order valence-corrected chi connectivity index (χ3v) is 13.9. The molecule has 0 heterocycles. The van der Waals surface area contributed by atoms with E-state index in [2.05, 4.69) is 36.2 Å². The van der Waals surface area contributed by atoms with Gasteiger partial charge in [0, 0.05) is 5.54 Å². The van der Waals surface area contributed by atoms with E-state index in [1.165, 1.54) is 0 Å². The first kappa shape index (κ1) is 21.4. The van der Waals surface area contributed by atoms with Crippen molar-refractivity contribution < 1.29 is 9.32 Å². The lowest BCUT2D eigenvalue weighted by atomic mass is 9.97. The Bertz CT molecular complexity index is 276. The van der Waals surface area contributed by atoms with Gasteiger partial charge in [0.25, 0.3) is 0 Å². The maximum Gasteiger partial charge on any atom is 0.327 e. The highest BCUT2D eigenvalue weighted by Crippen LogP contribution is 2.66. The molecule has 0 aliphatic heterocycles. The van der Waals surface area contributed by atoms with Crippen molar-refractivity contribution in [2.24, 2.45) is 5.73 Å². The summed E-state index contributed by atoms with van der Waals surface area (Å²) in [6.07, 6.45) is 2.59. The molecule has 8 atom stereocenters. The molecule has 0 aromatic carbocycles. The van der Waals surface area contributed by atoms with Gasteiger partial charge >= 0.3 is 5.97 Å². The van der Waals surface area contributed by atoms with E-state index in [9.17, 15) is 4.79 Å². The van der Waals surface area contributed by atoms with Crippen molar-refractivity contribution in [1.29, 1.82) is 0 Å². The minimum atomic E-state index is -0.724. The molecule has 114 valence electrons. The first-order valence-corrected chi connectivity index (χ1v) is 15.5.